The fraction of sp³-hybridized carbons (Fsp3) is 0. The van der Waals surface area contributed by atoms with Crippen LogP contribution in [0, 0.1) is 10.1 Å². The Hall–Kier alpha value is -2.95. The summed E-state index contributed by atoms with van der Waals surface area (Å²) in [7, 11) is 0. The molecule has 2 aromatic rings. The molecule has 2 rings (SSSR count). The van der Waals surface area contributed by atoms with E-state index in [0.29, 0.717) is 11.1 Å². The maximum atomic E-state index is 11.9. The molecule has 0 fully saturated rings. The van der Waals surface area contributed by atoms with E-state index in [-0.39, 0.29) is 17.2 Å². The number of allylic oxidation sites excluding steroid dienone is 1. The van der Waals surface area contributed by atoms with Crippen molar-refractivity contribution in [1.82, 2.24) is 0 Å². The molecule has 20 heavy (non-hydrogen) atoms. The van der Waals surface area contributed by atoms with Gasteiger partial charge in [-0.25, -0.2) is 0 Å². The van der Waals surface area contributed by atoms with Crippen molar-refractivity contribution in [2.45, 2.75) is 0 Å². The number of benzene rings is 2. The topological polar surface area (TPSA) is 80.4 Å². The lowest BCUT2D eigenvalue weighted by Crippen LogP contribution is -1.94. The molecule has 0 heterocycles. The van der Waals surface area contributed by atoms with E-state index in [9.17, 15) is 14.9 Å². The van der Waals surface area contributed by atoms with Crippen LogP contribution in [0.25, 0.3) is 6.08 Å². The Bertz CT molecular complexity index is 675. The monoisotopic (exact) mass is 269 g/mol. The number of phenolic OH excluding ortho intramolecular Hbond substituents is 1. The van der Waals surface area contributed by atoms with Gasteiger partial charge in [0.15, 0.2) is 5.78 Å². The maximum absolute atomic E-state index is 11.9. The Morgan fingerprint density at radius 3 is 2.40 bits per heavy atom. The molecule has 0 aliphatic carbocycles. The molecule has 0 radical (unpaired) electrons. The average Bonchev–Trinajstić information content (AvgIpc) is 2.45. The normalized spacial score (nSPS) is 10.6. The van der Waals surface area contributed by atoms with Crippen LogP contribution >= 0.6 is 0 Å². The second-order valence-corrected chi connectivity index (χ2v) is 4.06. The van der Waals surface area contributed by atoms with E-state index in [1.165, 1.54) is 42.5 Å². The van der Waals surface area contributed by atoms with Crippen LogP contribution in [0.15, 0.2) is 54.6 Å². The lowest BCUT2D eigenvalue weighted by Gasteiger charge is -1.98. The number of nitro benzene ring substituents is 1. The number of aromatic hydroxyl groups is 1. The Kier molecular flexibility index (Phi) is 3.91. The van der Waals surface area contributed by atoms with Crippen molar-refractivity contribution in [3.63, 3.8) is 0 Å². The quantitative estimate of drug-likeness (QED) is 0.400. The zero-order chi connectivity index (χ0) is 14.5. The van der Waals surface area contributed by atoms with Crippen LogP contribution in [0.4, 0.5) is 5.69 Å². The van der Waals surface area contributed by atoms with Crippen LogP contribution in [0.1, 0.15) is 15.9 Å². The predicted molar refractivity (Wildman–Crippen MR) is 74.6 cm³/mol. The standard InChI is InChI=1S/C15H11NO4/c17-13-8-5-12(6-9-13)15(18)10-7-11-3-1-2-4-14(11)16(19)20/h1-10,17H/b10-7+. The first-order chi connectivity index (χ1) is 9.58. The first-order valence-corrected chi connectivity index (χ1v) is 5.83. The fourth-order valence-corrected chi connectivity index (χ4v) is 1.68. The van der Waals surface area contributed by atoms with E-state index < -0.39 is 4.92 Å². The molecule has 0 spiro atoms. The van der Waals surface area contributed by atoms with Gasteiger partial charge in [0.1, 0.15) is 5.75 Å². The lowest BCUT2D eigenvalue weighted by atomic mass is 10.1. The minimum atomic E-state index is -0.495. The number of rotatable bonds is 4. The SMILES string of the molecule is O=C(/C=C/c1ccccc1[N+](=O)[O-])c1ccc(O)cc1. The molecule has 0 atom stereocenters. The first-order valence-electron chi connectivity index (χ1n) is 5.83. The van der Waals surface area contributed by atoms with Gasteiger partial charge >= 0.3 is 0 Å². The minimum absolute atomic E-state index is 0.0535. The van der Waals surface area contributed by atoms with Crippen LogP contribution in [-0.2, 0) is 0 Å². The molecule has 0 aromatic heterocycles. The highest BCUT2D eigenvalue weighted by Gasteiger charge is 2.10. The smallest absolute Gasteiger partial charge is 0.276 e. The fourth-order valence-electron chi connectivity index (χ4n) is 1.68. The largest absolute Gasteiger partial charge is 0.508 e. The summed E-state index contributed by atoms with van der Waals surface area (Å²) < 4.78 is 0. The molecule has 2 aromatic carbocycles. The van der Waals surface area contributed by atoms with Crippen molar-refractivity contribution in [1.29, 1.82) is 0 Å². The van der Waals surface area contributed by atoms with Crippen molar-refractivity contribution < 1.29 is 14.8 Å². The van der Waals surface area contributed by atoms with Crippen LogP contribution in [0.2, 0.25) is 0 Å². The number of nitrogens with zero attached hydrogens (tertiary/aromatic N) is 1. The molecule has 5 nitrogen and oxygen atoms in total. The van der Waals surface area contributed by atoms with Crippen molar-refractivity contribution in [2.24, 2.45) is 0 Å². The van der Waals surface area contributed by atoms with E-state index in [1.54, 1.807) is 18.2 Å². The number of nitro groups is 1. The number of para-hydroxylation sites is 1. The summed E-state index contributed by atoms with van der Waals surface area (Å²) in [6.07, 6.45) is 2.68. The van der Waals surface area contributed by atoms with Gasteiger partial charge in [0.05, 0.1) is 10.5 Å². The number of ketones is 1. The Labute approximate surface area is 115 Å². The maximum Gasteiger partial charge on any atom is 0.276 e. The third kappa shape index (κ3) is 3.08. The van der Waals surface area contributed by atoms with Gasteiger partial charge in [0.25, 0.3) is 5.69 Å². The number of carbonyl (C=O) groups excluding carboxylic acids is 1. The summed E-state index contributed by atoms with van der Waals surface area (Å²) in [5.74, 6) is -0.215. The third-order valence-electron chi connectivity index (χ3n) is 2.70. The van der Waals surface area contributed by atoms with E-state index in [1.807, 2.05) is 0 Å². The second kappa shape index (κ2) is 5.79. The zero-order valence-electron chi connectivity index (χ0n) is 10.4. The van der Waals surface area contributed by atoms with Crippen LogP contribution in [0.5, 0.6) is 5.75 Å². The zero-order valence-corrected chi connectivity index (χ0v) is 10.4. The second-order valence-electron chi connectivity index (χ2n) is 4.06. The van der Waals surface area contributed by atoms with Crippen molar-refractivity contribution in [3.8, 4) is 5.75 Å². The molecule has 1 N–H and O–H groups in total. The van der Waals surface area contributed by atoms with Crippen molar-refractivity contribution >= 4 is 17.5 Å². The Morgan fingerprint density at radius 2 is 1.75 bits per heavy atom. The highest BCUT2D eigenvalue weighted by molar-refractivity contribution is 6.07. The third-order valence-corrected chi connectivity index (χ3v) is 2.70. The van der Waals surface area contributed by atoms with Crippen LogP contribution in [0.3, 0.4) is 0 Å². The molecule has 5 heteroatoms. The Morgan fingerprint density at radius 1 is 1.10 bits per heavy atom. The van der Waals surface area contributed by atoms with Gasteiger partial charge in [-0.05, 0) is 42.5 Å². The van der Waals surface area contributed by atoms with Gasteiger partial charge in [0.2, 0.25) is 0 Å². The van der Waals surface area contributed by atoms with E-state index in [2.05, 4.69) is 0 Å². The molecular formula is C15H11NO4. The molecule has 0 amide bonds. The molecule has 0 aliphatic heterocycles. The van der Waals surface area contributed by atoms with Crippen LogP contribution in [-0.4, -0.2) is 15.8 Å². The highest BCUT2D eigenvalue weighted by Crippen LogP contribution is 2.19. The summed E-state index contributed by atoms with van der Waals surface area (Å²) in [5.41, 5.74) is 0.713. The number of hydrogen-bond donors (Lipinski definition) is 1. The number of carbonyl (C=O) groups is 1. The van der Waals surface area contributed by atoms with E-state index >= 15 is 0 Å². The molecule has 0 aliphatic rings. The van der Waals surface area contributed by atoms with Gasteiger partial charge in [-0.1, -0.05) is 12.1 Å². The molecular weight excluding hydrogens is 258 g/mol. The number of hydrogen-bond acceptors (Lipinski definition) is 4. The van der Waals surface area contributed by atoms with E-state index in [0.717, 1.165) is 0 Å². The minimum Gasteiger partial charge on any atom is -0.508 e. The van der Waals surface area contributed by atoms with Crippen molar-refractivity contribution in [3.05, 3.63) is 75.8 Å². The highest BCUT2D eigenvalue weighted by atomic mass is 16.6. The molecule has 0 bridgehead atoms. The van der Waals surface area contributed by atoms with Crippen molar-refractivity contribution in [2.75, 3.05) is 0 Å². The summed E-state index contributed by atoms with van der Waals surface area (Å²) in [4.78, 5) is 22.2. The Balaban J connectivity index is 2.23. The van der Waals surface area contributed by atoms with Gasteiger partial charge in [-0.2, -0.15) is 0 Å². The van der Waals surface area contributed by atoms with Gasteiger partial charge < -0.3 is 5.11 Å². The number of phenols is 1. The van der Waals surface area contributed by atoms with Gasteiger partial charge in [-0.3, -0.25) is 14.9 Å². The molecule has 0 saturated heterocycles. The predicted octanol–water partition coefficient (Wildman–Crippen LogP) is 3.20. The lowest BCUT2D eigenvalue weighted by molar-refractivity contribution is -0.385. The summed E-state index contributed by atoms with van der Waals surface area (Å²) in [6.45, 7) is 0. The van der Waals surface area contributed by atoms with E-state index in [4.69, 9.17) is 5.11 Å². The van der Waals surface area contributed by atoms with Gasteiger partial charge in [-0.15, -0.1) is 0 Å². The summed E-state index contributed by atoms with van der Waals surface area (Å²) in [5, 5.41) is 20.0. The average molecular weight is 269 g/mol. The molecule has 0 saturated carbocycles. The summed E-state index contributed by atoms with van der Waals surface area (Å²) in [6, 6.07) is 12.0. The van der Waals surface area contributed by atoms with Crippen LogP contribution < -0.4 is 0 Å². The summed E-state index contributed by atoms with van der Waals surface area (Å²) >= 11 is 0. The van der Waals surface area contributed by atoms with Gasteiger partial charge in [0, 0.05) is 11.6 Å². The first kappa shape index (κ1) is 13.5. The molecule has 100 valence electrons. The molecule has 0 unspecified atom stereocenters.